The van der Waals surface area contributed by atoms with Gasteiger partial charge in [-0.1, -0.05) is 80.9 Å². The quantitative estimate of drug-likeness (QED) is 0.525. The van der Waals surface area contributed by atoms with Gasteiger partial charge in [0.2, 0.25) is 0 Å². The third-order valence-corrected chi connectivity index (χ3v) is 7.58. The summed E-state index contributed by atoms with van der Waals surface area (Å²) in [7, 11) is -3.73. The number of hydrogen-bond acceptors (Lipinski definition) is 3. The summed E-state index contributed by atoms with van der Waals surface area (Å²) in [6, 6.07) is 22.9. The summed E-state index contributed by atoms with van der Waals surface area (Å²) in [5.74, 6) is 0. The average Bonchev–Trinajstić information content (AvgIpc) is 2.94. The molecule has 31 heavy (non-hydrogen) atoms. The van der Waals surface area contributed by atoms with Gasteiger partial charge in [-0.2, -0.15) is 0 Å². The zero-order valence-corrected chi connectivity index (χ0v) is 19.3. The van der Waals surface area contributed by atoms with Gasteiger partial charge in [0.15, 0.2) is 0 Å². The van der Waals surface area contributed by atoms with Crippen LogP contribution < -0.4 is 4.31 Å². The molecule has 1 heterocycles. The van der Waals surface area contributed by atoms with Crippen LogP contribution in [0.1, 0.15) is 49.1 Å². The zero-order valence-electron chi connectivity index (χ0n) is 18.5. The molecule has 0 amide bonds. The average molecular weight is 436 g/mol. The molecule has 0 aliphatic carbocycles. The summed E-state index contributed by atoms with van der Waals surface area (Å²) in [6.07, 6.45) is -0.360. The predicted molar refractivity (Wildman–Crippen MR) is 125 cm³/mol. The van der Waals surface area contributed by atoms with Gasteiger partial charge >= 0.3 is 0 Å². The van der Waals surface area contributed by atoms with Crippen molar-refractivity contribution in [3.05, 3.63) is 95.1 Å². The third-order valence-electron chi connectivity index (χ3n) is 5.79. The molecule has 1 unspecified atom stereocenters. The fourth-order valence-electron chi connectivity index (χ4n) is 3.83. The Kier molecular flexibility index (Phi) is 5.67. The second-order valence-electron chi connectivity index (χ2n) is 9.15. The standard InChI is InChI=1S/C26H29NO3S/c1-19-9-15-23(16-10-19)31(28,29)27-17-25(30-18-21-7-5-6-8-24(21)27)20-11-13-22(14-12-20)26(2,3)4/h5-16,25H,17-18H2,1-4H3. The number of rotatable bonds is 3. The fourth-order valence-corrected chi connectivity index (χ4v) is 5.34. The molecule has 162 valence electrons. The maximum absolute atomic E-state index is 13.6. The SMILES string of the molecule is Cc1ccc(S(=O)(=O)N2CC(c3ccc(C(C)(C)C)cc3)OCc3ccccc32)cc1. The number of sulfonamides is 1. The number of fused-ring (bicyclic) bond motifs is 1. The lowest BCUT2D eigenvalue weighted by molar-refractivity contribution is 0.0508. The van der Waals surface area contributed by atoms with Crippen molar-refractivity contribution in [3.63, 3.8) is 0 Å². The van der Waals surface area contributed by atoms with Crippen LogP contribution in [0, 0.1) is 6.92 Å². The Balaban J connectivity index is 1.74. The first-order valence-corrected chi connectivity index (χ1v) is 12.0. The van der Waals surface area contributed by atoms with Gasteiger partial charge in [-0.05, 0) is 41.7 Å². The Bertz CT molecular complexity index is 1160. The molecule has 1 aliphatic rings. The Morgan fingerprint density at radius 1 is 0.903 bits per heavy atom. The van der Waals surface area contributed by atoms with E-state index in [2.05, 4.69) is 45.0 Å². The minimum Gasteiger partial charge on any atom is -0.367 e. The van der Waals surface area contributed by atoms with Crippen molar-refractivity contribution in [1.82, 2.24) is 0 Å². The van der Waals surface area contributed by atoms with Crippen molar-refractivity contribution in [3.8, 4) is 0 Å². The van der Waals surface area contributed by atoms with E-state index >= 15 is 0 Å². The number of anilines is 1. The van der Waals surface area contributed by atoms with Crippen LogP contribution in [0.3, 0.4) is 0 Å². The van der Waals surface area contributed by atoms with E-state index in [0.29, 0.717) is 12.3 Å². The van der Waals surface area contributed by atoms with Gasteiger partial charge in [0, 0.05) is 5.56 Å². The summed E-state index contributed by atoms with van der Waals surface area (Å²) >= 11 is 0. The van der Waals surface area contributed by atoms with Crippen molar-refractivity contribution >= 4 is 15.7 Å². The highest BCUT2D eigenvalue weighted by Crippen LogP contribution is 2.35. The molecule has 5 heteroatoms. The highest BCUT2D eigenvalue weighted by atomic mass is 32.2. The molecule has 1 atom stereocenters. The van der Waals surface area contributed by atoms with Crippen LogP contribution in [0.4, 0.5) is 5.69 Å². The van der Waals surface area contributed by atoms with Gasteiger partial charge in [-0.3, -0.25) is 4.31 Å². The molecule has 4 nitrogen and oxygen atoms in total. The van der Waals surface area contributed by atoms with Crippen LogP contribution in [0.2, 0.25) is 0 Å². The van der Waals surface area contributed by atoms with Gasteiger partial charge in [-0.15, -0.1) is 0 Å². The van der Waals surface area contributed by atoms with Gasteiger partial charge in [0.05, 0.1) is 23.7 Å². The largest absolute Gasteiger partial charge is 0.367 e. The van der Waals surface area contributed by atoms with E-state index in [4.69, 9.17) is 4.74 Å². The maximum atomic E-state index is 13.6. The molecule has 3 aromatic carbocycles. The second kappa shape index (κ2) is 8.13. The molecule has 4 rings (SSSR count). The highest BCUT2D eigenvalue weighted by molar-refractivity contribution is 7.92. The molecule has 0 aromatic heterocycles. The lowest BCUT2D eigenvalue weighted by Gasteiger charge is -2.27. The Hall–Kier alpha value is -2.63. The summed E-state index contributed by atoms with van der Waals surface area (Å²) in [6.45, 7) is 9.07. The molecule has 3 aromatic rings. The lowest BCUT2D eigenvalue weighted by atomic mass is 9.86. The fraction of sp³-hybridized carbons (Fsp3) is 0.308. The molecule has 0 bridgehead atoms. The molecular formula is C26H29NO3S. The topological polar surface area (TPSA) is 46.6 Å². The number of para-hydroxylation sites is 1. The predicted octanol–water partition coefficient (Wildman–Crippen LogP) is 5.76. The third kappa shape index (κ3) is 4.39. The van der Waals surface area contributed by atoms with Crippen LogP contribution in [-0.2, 0) is 26.8 Å². The maximum Gasteiger partial charge on any atom is 0.264 e. The van der Waals surface area contributed by atoms with Gasteiger partial charge in [0.1, 0.15) is 6.10 Å². The number of nitrogens with zero attached hydrogens (tertiary/aromatic N) is 1. The Morgan fingerprint density at radius 3 is 2.19 bits per heavy atom. The minimum atomic E-state index is -3.73. The van der Waals surface area contributed by atoms with E-state index < -0.39 is 10.0 Å². The molecule has 0 radical (unpaired) electrons. The normalized spacial score (nSPS) is 17.2. The molecule has 0 spiro atoms. The van der Waals surface area contributed by atoms with Crippen LogP contribution >= 0.6 is 0 Å². The van der Waals surface area contributed by atoms with Crippen molar-refractivity contribution in [2.75, 3.05) is 10.8 Å². The summed E-state index contributed by atoms with van der Waals surface area (Å²) in [5.41, 5.74) is 4.83. The summed E-state index contributed by atoms with van der Waals surface area (Å²) in [5, 5.41) is 0. The molecule has 0 fully saturated rings. The van der Waals surface area contributed by atoms with Crippen LogP contribution in [0.5, 0.6) is 0 Å². The molecule has 0 saturated carbocycles. The summed E-state index contributed by atoms with van der Waals surface area (Å²) in [4.78, 5) is 0.289. The van der Waals surface area contributed by atoms with E-state index in [-0.39, 0.29) is 23.0 Å². The first-order chi connectivity index (χ1) is 14.7. The Labute approximate surface area is 185 Å². The van der Waals surface area contributed by atoms with E-state index in [1.165, 1.54) is 9.87 Å². The van der Waals surface area contributed by atoms with Gasteiger partial charge in [-0.25, -0.2) is 8.42 Å². The van der Waals surface area contributed by atoms with Crippen molar-refractivity contribution in [2.24, 2.45) is 0 Å². The van der Waals surface area contributed by atoms with Gasteiger partial charge in [0.25, 0.3) is 10.0 Å². The molecule has 0 saturated heterocycles. The number of aryl methyl sites for hydroxylation is 1. The molecule has 0 N–H and O–H groups in total. The first-order valence-electron chi connectivity index (χ1n) is 10.6. The second-order valence-corrected chi connectivity index (χ2v) is 11.0. The number of ether oxygens (including phenoxy) is 1. The van der Waals surface area contributed by atoms with E-state index in [1.807, 2.05) is 43.3 Å². The molecular weight excluding hydrogens is 406 g/mol. The monoisotopic (exact) mass is 435 g/mol. The minimum absolute atomic E-state index is 0.0554. The Morgan fingerprint density at radius 2 is 1.55 bits per heavy atom. The van der Waals surface area contributed by atoms with Crippen LogP contribution in [-0.4, -0.2) is 15.0 Å². The van der Waals surface area contributed by atoms with Crippen molar-refractivity contribution < 1.29 is 13.2 Å². The number of hydrogen-bond donors (Lipinski definition) is 0. The number of benzene rings is 3. The van der Waals surface area contributed by atoms with Crippen molar-refractivity contribution in [2.45, 2.75) is 50.7 Å². The van der Waals surface area contributed by atoms with Crippen LogP contribution in [0.25, 0.3) is 0 Å². The lowest BCUT2D eigenvalue weighted by Crippen LogP contribution is -2.34. The van der Waals surface area contributed by atoms with E-state index in [1.54, 1.807) is 12.1 Å². The van der Waals surface area contributed by atoms with E-state index in [9.17, 15) is 8.42 Å². The van der Waals surface area contributed by atoms with Gasteiger partial charge < -0.3 is 4.74 Å². The smallest absolute Gasteiger partial charge is 0.264 e. The van der Waals surface area contributed by atoms with Crippen LogP contribution in [0.15, 0.2) is 77.7 Å². The van der Waals surface area contributed by atoms with Crippen molar-refractivity contribution in [1.29, 1.82) is 0 Å². The molecule has 1 aliphatic heterocycles. The summed E-state index contributed by atoms with van der Waals surface area (Å²) < 4.78 is 35.0. The first kappa shape index (κ1) is 21.6. The highest BCUT2D eigenvalue weighted by Gasteiger charge is 2.32. The zero-order chi connectivity index (χ0) is 22.2. The van der Waals surface area contributed by atoms with E-state index in [0.717, 1.165) is 16.7 Å².